The number of hydrogen-bond donors (Lipinski definition) is 2. The molecule has 1 aromatic rings. The van der Waals surface area contributed by atoms with Crippen LogP contribution < -0.4 is 5.73 Å². The minimum atomic E-state index is 0.171. The highest BCUT2D eigenvalue weighted by Gasteiger charge is 2.19. The number of halogens is 1. The molecule has 0 bridgehead atoms. The van der Waals surface area contributed by atoms with Gasteiger partial charge in [-0.3, -0.25) is 0 Å². The zero-order valence-electron chi connectivity index (χ0n) is 7.31. The van der Waals surface area contributed by atoms with Crippen LogP contribution in [0.15, 0.2) is 6.07 Å². The van der Waals surface area contributed by atoms with E-state index in [0.29, 0.717) is 11.6 Å². The minimum Gasteiger partial charge on any atom is -0.506 e. The number of benzene rings is 1. The number of aromatic hydroxyl groups is 1. The maximum Gasteiger partial charge on any atom is 0.138 e. The van der Waals surface area contributed by atoms with Gasteiger partial charge in [-0.1, -0.05) is 17.7 Å². The standard InChI is InChI=1S/C10H12ClNO/c11-9-8-3-1-2-6(8)4-7(5-12)10(9)13/h4,13H,1-3,5,12H2. The number of phenolic OH excluding ortho intramolecular Hbond substituents is 1. The van der Waals surface area contributed by atoms with Crippen LogP contribution in [-0.2, 0) is 19.4 Å². The molecule has 1 aromatic carbocycles. The van der Waals surface area contributed by atoms with Gasteiger partial charge in [0, 0.05) is 12.1 Å². The van der Waals surface area contributed by atoms with Crippen LogP contribution in [0.3, 0.4) is 0 Å². The van der Waals surface area contributed by atoms with E-state index >= 15 is 0 Å². The Kier molecular flexibility index (Phi) is 2.18. The number of nitrogens with two attached hydrogens (primary N) is 1. The maximum absolute atomic E-state index is 9.65. The van der Waals surface area contributed by atoms with Gasteiger partial charge in [0.2, 0.25) is 0 Å². The first-order chi connectivity index (χ1) is 6.24. The summed E-state index contributed by atoms with van der Waals surface area (Å²) in [6.07, 6.45) is 3.16. The number of aryl methyl sites for hydroxylation is 1. The summed E-state index contributed by atoms with van der Waals surface area (Å²) in [4.78, 5) is 0. The van der Waals surface area contributed by atoms with Gasteiger partial charge in [0.1, 0.15) is 5.75 Å². The van der Waals surface area contributed by atoms with E-state index in [9.17, 15) is 5.11 Å². The van der Waals surface area contributed by atoms with E-state index in [-0.39, 0.29) is 5.75 Å². The maximum atomic E-state index is 9.65. The lowest BCUT2D eigenvalue weighted by Gasteiger charge is -2.09. The van der Waals surface area contributed by atoms with E-state index in [1.165, 1.54) is 5.56 Å². The fourth-order valence-corrected chi connectivity index (χ4v) is 2.23. The Morgan fingerprint density at radius 1 is 1.46 bits per heavy atom. The van der Waals surface area contributed by atoms with Gasteiger partial charge < -0.3 is 10.8 Å². The molecule has 0 amide bonds. The third-order valence-electron chi connectivity index (χ3n) is 2.61. The molecule has 0 aromatic heterocycles. The summed E-state index contributed by atoms with van der Waals surface area (Å²) in [5, 5.41) is 10.2. The molecule has 70 valence electrons. The minimum absolute atomic E-state index is 0.171. The Labute approximate surface area is 82.3 Å². The number of hydrogen-bond acceptors (Lipinski definition) is 2. The average molecular weight is 198 g/mol. The highest BCUT2D eigenvalue weighted by Crippen LogP contribution is 2.37. The van der Waals surface area contributed by atoms with Crippen LogP contribution in [0.4, 0.5) is 0 Å². The second-order valence-electron chi connectivity index (χ2n) is 3.39. The molecular formula is C10H12ClNO. The molecule has 3 N–H and O–H groups in total. The van der Waals surface area contributed by atoms with Gasteiger partial charge in [-0.2, -0.15) is 0 Å². The van der Waals surface area contributed by atoms with Crippen molar-refractivity contribution in [3.8, 4) is 5.75 Å². The van der Waals surface area contributed by atoms with Crippen molar-refractivity contribution in [2.24, 2.45) is 5.73 Å². The summed E-state index contributed by atoms with van der Waals surface area (Å²) in [5.74, 6) is 0.171. The van der Waals surface area contributed by atoms with Crippen LogP contribution >= 0.6 is 11.6 Å². The van der Waals surface area contributed by atoms with E-state index < -0.39 is 0 Å². The second kappa shape index (κ2) is 3.20. The molecule has 0 heterocycles. The number of fused-ring (bicyclic) bond motifs is 1. The van der Waals surface area contributed by atoms with Crippen molar-refractivity contribution in [2.75, 3.05) is 0 Å². The summed E-state index contributed by atoms with van der Waals surface area (Å²) < 4.78 is 0. The van der Waals surface area contributed by atoms with Crippen LogP contribution in [0.1, 0.15) is 23.1 Å². The van der Waals surface area contributed by atoms with Crippen molar-refractivity contribution >= 4 is 11.6 Å². The lowest BCUT2D eigenvalue weighted by Crippen LogP contribution is -1.99. The normalized spacial score (nSPS) is 14.6. The molecule has 0 saturated heterocycles. The van der Waals surface area contributed by atoms with Gasteiger partial charge in [0.15, 0.2) is 0 Å². The Hall–Kier alpha value is -0.730. The Balaban J connectivity index is 2.61. The third-order valence-corrected chi connectivity index (χ3v) is 3.01. The largest absolute Gasteiger partial charge is 0.506 e. The van der Waals surface area contributed by atoms with Crippen LogP contribution in [-0.4, -0.2) is 5.11 Å². The molecule has 2 nitrogen and oxygen atoms in total. The molecule has 13 heavy (non-hydrogen) atoms. The van der Waals surface area contributed by atoms with E-state index in [1.807, 2.05) is 6.07 Å². The predicted octanol–water partition coefficient (Wildman–Crippen LogP) is 1.99. The third kappa shape index (κ3) is 1.30. The van der Waals surface area contributed by atoms with Crippen molar-refractivity contribution < 1.29 is 5.11 Å². The Bertz CT molecular complexity index is 349. The summed E-state index contributed by atoms with van der Waals surface area (Å²) in [6, 6.07) is 1.98. The Morgan fingerprint density at radius 2 is 2.23 bits per heavy atom. The summed E-state index contributed by atoms with van der Waals surface area (Å²) in [6.45, 7) is 0.346. The van der Waals surface area contributed by atoms with E-state index in [4.69, 9.17) is 17.3 Å². The van der Waals surface area contributed by atoms with Gasteiger partial charge in [-0.15, -0.1) is 0 Å². The molecule has 2 rings (SSSR count). The lowest BCUT2D eigenvalue weighted by molar-refractivity contribution is 0.468. The first kappa shape index (κ1) is 8.85. The summed E-state index contributed by atoms with van der Waals surface area (Å²) in [7, 11) is 0. The van der Waals surface area contributed by atoms with Gasteiger partial charge in [-0.25, -0.2) is 0 Å². The first-order valence-electron chi connectivity index (χ1n) is 4.46. The van der Waals surface area contributed by atoms with Crippen molar-refractivity contribution in [1.82, 2.24) is 0 Å². The Morgan fingerprint density at radius 3 is 2.92 bits per heavy atom. The van der Waals surface area contributed by atoms with E-state index in [2.05, 4.69) is 0 Å². The van der Waals surface area contributed by atoms with Crippen LogP contribution in [0.5, 0.6) is 5.75 Å². The molecule has 0 unspecified atom stereocenters. The molecule has 1 aliphatic rings. The second-order valence-corrected chi connectivity index (χ2v) is 3.77. The quantitative estimate of drug-likeness (QED) is 0.724. The molecule has 0 atom stereocenters. The first-order valence-corrected chi connectivity index (χ1v) is 4.84. The van der Waals surface area contributed by atoms with Crippen LogP contribution in [0.25, 0.3) is 0 Å². The monoisotopic (exact) mass is 197 g/mol. The molecule has 0 radical (unpaired) electrons. The molecule has 3 heteroatoms. The van der Waals surface area contributed by atoms with Gasteiger partial charge in [0.05, 0.1) is 5.02 Å². The molecule has 0 aliphatic heterocycles. The molecule has 0 spiro atoms. The number of rotatable bonds is 1. The van der Waals surface area contributed by atoms with Gasteiger partial charge >= 0.3 is 0 Å². The van der Waals surface area contributed by atoms with Crippen LogP contribution in [0, 0.1) is 0 Å². The van der Waals surface area contributed by atoms with Crippen molar-refractivity contribution in [3.63, 3.8) is 0 Å². The van der Waals surface area contributed by atoms with Crippen molar-refractivity contribution in [1.29, 1.82) is 0 Å². The SMILES string of the molecule is NCc1cc2c(c(Cl)c1O)CCC2. The van der Waals surface area contributed by atoms with Crippen LogP contribution in [0.2, 0.25) is 5.02 Å². The molecule has 0 fully saturated rings. The highest BCUT2D eigenvalue weighted by atomic mass is 35.5. The van der Waals surface area contributed by atoms with Gasteiger partial charge in [0.25, 0.3) is 0 Å². The zero-order chi connectivity index (χ0) is 9.42. The predicted molar refractivity (Wildman–Crippen MR) is 53.0 cm³/mol. The molecule has 0 saturated carbocycles. The fraction of sp³-hybridized carbons (Fsp3) is 0.400. The van der Waals surface area contributed by atoms with Crippen molar-refractivity contribution in [2.45, 2.75) is 25.8 Å². The van der Waals surface area contributed by atoms with E-state index in [1.54, 1.807) is 0 Å². The highest BCUT2D eigenvalue weighted by molar-refractivity contribution is 6.33. The fourth-order valence-electron chi connectivity index (χ4n) is 1.90. The van der Waals surface area contributed by atoms with Gasteiger partial charge in [-0.05, 0) is 30.4 Å². The lowest BCUT2D eigenvalue weighted by atomic mass is 10.1. The number of phenols is 1. The molecular weight excluding hydrogens is 186 g/mol. The summed E-state index contributed by atoms with van der Waals surface area (Å²) in [5.41, 5.74) is 8.61. The average Bonchev–Trinajstić information content (AvgIpc) is 2.59. The van der Waals surface area contributed by atoms with E-state index in [0.717, 1.165) is 30.4 Å². The summed E-state index contributed by atoms with van der Waals surface area (Å²) >= 11 is 6.02. The topological polar surface area (TPSA) is 46.2 Å². The van der Waals surface area contributed by atoms with Crippen molar-refractivity contribution in [3.05, 3.63) is 27.8 Å². The smallest absolute Gasteiger partial charge is 0.138 e. The molecule has 1 aliphatic carbocycles. The zero-order valence-corrected chi connectivity index (χ0v) is 8.06.